The molecule has 150 valence electrons. The molecule has 2 heterocycles. The molecule has 0 saturated heterocycles. The number of fused-ring (bicyclic) bond motifs is 1. The van der Waals surface area contributed by atoms with E-state index in [1.807, 2.05) is 48.7 Å². The number of carbonyl (C=O) groups excluding carboxylic acids is 1. The van der Waals surface area contributed by atoms with Crippen molar-refractivity contribution in [2.45, 2.75) is 26.7 Å². The van der Waals surface area contributed by atoms with Crippen LogP contribution in [-0.4, -0.2) is 17.1 Å². The minimum Gasteiger partial charge on any atom is -0.267 e. The quantitative estimate of drug-likeness (QED) is 0.312. The molecule has 1 N–H and O–H groups in total. The Labute approximate surface area is 180 Å². The van der Waals surface area contributed by atoms with Crippen LogP contribution in [0, 0.1) is 6.92 Å². The van der Waals surface area contributed by atoms with Crippen LogP contribution in [0.5, 0.6) is 0 Å². The Kier molecular flexibility index (Phi) is 6.00. The second-order valence-corrected chi connectivity index (χ2v) is 8.13. The van der Waals surface area contributed by atoms with Crippen molar-refractivity contribution in [3.8, 4) is 11.3 Å². The summed E-state index contributed by atoms with van der Waals surface area (Å²) in [4.78, 5) is 18.8. The molecule has 1 amide bonds. The van der Waals surface area contributed by atoms with E-state index in [4.69, 9.17) is 4.98 Å². The first-order valence-electron chi connectivity index (χ1n) is 10.0. The van der Waals surface area contributed by atoms with Gasteiger partial charge in [-0.1, -0.05) is 55.8 Å². The fourth-order valence-corrected chi connectivity index (χ4v) is 4.15. The molecule has 0 atom stereocenters. The van der Waals surface area contributed by atoms with E-state index in [0.29, 0.717) is 5.56 Å². The van der Waals surface area contributed by atoms with E-state index >= 15 is 0 Å². The summed E-state index contributed by atoms with van der Waals surface area (Å²) in [6.45, 7) is 4.19. The van der Waals surface area contributed by atoms with Gasteiger partial charge in [-0.15, -0.1) is 11.3 Å². The van der Waals surface area contributed by atoms with Crippen molar-refractivity contribution in [2.24, 2.45) is 5.10 Å². The van der Waals surface area contributed by atoms with Crippen molar-refractivity contribution in [2.75, 3.05) is 0 Å². The van der Waals surface area contributed by atoms with E-state index < -0.39 is 0 Å². The Balaban J connectivity index is 1.67. The Morgan fingerprint density at radius 1 is 1.13 bits per heavy atom. The molecule has 2 aromatic heterocycles. The maximum atomic E-state index is 12.9. The highest BCUT2D eigenvalue weighted by molar-refractivity contribution is 7.11. The van der Waals surface area contributed by atoms with Crippen LogP contribution >= 0.6 is 11.3 Å². The fourth-order valence-electron chi connectivity index (χ4n) is 3.37. The zero-order chi connectivity index (χ0) is 20.9. The van der Waals surface area contributed by atoms with Gasteiger partial charge in [0, 0.05) is 15.8 Å². The highest BCUT2D eigenvalue weighted by Crippen LogP contribution is 2.25. The van der Waals surface area contributed by atoms with Crippen LogP contribution in [0.3, 0.4) is 0 Å². The molecule has 0 spiro atoms. The number of rotatable bonds is 6. The Morgan fingerprint density at radius 3 is 2.67 bits per heavy atom. The number of hydrogen-bond acceptors (Lipinski definition) is 4. The number of thiophene rings is 1. The van der Waals surface area contributed by atoms with Crippen LogP contribution < -0.4 is 5.43 Å². The number of benzene rings is 2. The van der Waals surface area contributed by atoms with Crippen molar-refractivity contribution < 1.29 is 4.79 Å². The largest absolute Gasteiger partial charge is 0.272 e. The van der Waals surface area contributed by atoms with Gasteiger partial charge >= 0.3 is 0 Å². The zero-order valence-corrected chi connectivity index (χ0v) is 17.9. The fraction of sp³-hybridized carbons (Fsp3) is 0.160. The summed E-state index contributed by atoms with van der Waals surface area (Å²) in [7, 11) is 0. The first-order valence-corrected chi connectivity index (χ1v) is 10.9. The number of hydrazone groups is 1. The number of amides is 1. The average molecular weight is 414 g/mol. The van der Waals surface area contributed by atoms with Gasteiger partial charge in [0.25, 0.3) is 5.91 Å². The van der Waals surface area contributed by atoms with E-state index in [-0.39, 0.29) is 5.91 Å². The lowest BCUT2D eigenvalue weighted by Gasteiger charge is -2.09. The predicted molar refractivity (Wildman–Crippen MR) is 125 cm³/mol. The molecule has 0 radical (unpaired) electrons. The molecule has 2 aromatic carbocycles. The minimum absolute atomic E-state index is 0.247. The Bertz CT molecular complexity index is 1210. The highest BCUT2D eigenvalue weighted by atomic mass is 32.1. The monoisotopic (exact) mass is 413 g/mol. The van der Waals surface area contributed by atoms with E-state index in [1.54, 1.807) is 17.6 Å². The minimum atomic E-state index is -0.247. The topological polar surface area (TPSA) is 54.4 Å². The van der Waals surface area contributed by atoms with Crippen molar-refractivity contribution in [3.63, 3.8) is 0 Å². The number of aryl methyl sites for hydroxylation is 2. The van der Waals surface area contributed by atoms with E-state index in [2.05, 4.69) is 41.7 Å². The molecule has 0 aliphatic heterocycles. The molecule has 5 heteroatoms. The van der Waals surface area contributed by atoms with Crippen LogP contribution in [-0.2, 0) is 6.42 Å². The van der Waals surface area contributed by atoms with Crippen LogP contribution in [0.4, 0.5) is 0 Å². The Morgan fingerprint density at radius 2 is 1.93 bits per heavy atom. The number of nitrogens with one attached hydrogen (secondary N) is 1. The first kappa shape index (κ1) is 20.0. The molecule has 0 aliphatic rings. The lowest BCUT2D eigenvalue weighted by Crippen LogP contribution is -2.18. The number of nitrogens with zero attached hydrogens (tertiary/aromatic N) is 2. The van der Waals surface area contributed by atoms with Gasteiger partial charge in [-0.05, 0) is 48.1 Å². The number of pyridine rings is 1. The molecular formula is C25H23N3OS. The molecule has 0 bridgehead atoms. The predicted octanol–water partition coefficient (Wildman–Crippen LogP) is 5.99. The summed E-state index contributed by atoms with van der Waals surface area (Å²) in [5.74, 6) is -0.247. The lowest BCUT2D eigenvalue weighted by atomic mass is 10.0. The van der Waals surface area contributed by atoms with Crippen molar-refractivity contribution >= 4 is 34.4 Å². The smallest absolute Gasteiger partial charge is 0.267 e. The third-order valence-electron chi connectivity index (χ3n) is 5.00. The second kappa shape index (κ2) is 9.01. The van der Waals surface area contributed by atoms with Gasteiger partial charge in [-0.25, -0.2) is 10.4 Å². The van der Waals surface area contributed by atoms with Gasteiger partial charge in [0.05, 0.1) is 23.0 Å². The maximum Gasteiger partial charge on any atom is 0.272 e. The van der Waals surface area contributed by atoms with E-state index in [0.717, 1.165) is 45.4 Å². The van der Waals surface area contributed by atoms with Gasteiger partial charge < -0.3 is 0 Å². The van der Waals surface area contributed by atoms with Crippen LogP contribution in [0.15, 0.2) is 71.1 Å². The summed E-state index contributed by atoms with van der Waals surface area (Å²) in [6.07, 6.45) is 3.86. The average Bonchev–Trinajstić information content (AvgIpc) is 3.18. The number of para-hydroxylation sites is 1. The van der Waals surface area contributed by atoms with Crippen LogP contribution in [0.1, 0.15) is 39.7 Å². The molecular weight excluding hydrogens is 390 g/mol. The summed E-state index contributed by atoms with van der Waals surface area (Å²) < 4.78 is 0. The third-order valence-corrected chi connectivity index (χ3v) is 5.95. The van der Waals surface area contributed by atoms with E-state index in [9.17, 15) is 4.79 Å². The maximum absolute atomic E-state index is 12.9. The summed E-state index contributed by atoms with van der Waals surface area (Å²) >= 11 is 1.59. The number of hydrogen-bond donors (Lipinski definition) is 1. The van der Waals surface area contributed by atoms with Gasteiger partial charge in [0.2, 0.25) is 0 Å². The molecule has 0 saturated carbocycles. The van der Waals surface area contributed by atoms with Crippen molar-refractivity contribution in [3.05, 3.63) is 87.6 Å². The molecule has 4 nitrogen and oxygen atoms in total. The SMILES string of the molecule is CCCc1ccc(-c2cc(C(=O)NN=Cc3sccc3C)c3ccccc3n2)cc1. The molecule has 0 aliphatic carbocycles. The zero-order valence-electron chi connectivity index (χ0n) is 17.1. The summed E-state index contributed by atoms with van der Waals surface area (Å²) in [6, 6.07) is 20.0. The summed E-state index contributed by atoms with van der Waals surface area (Å²) in [5.41, 5.74) is 8.24. The Hall–Kier alpha value is -3.31. The molecule has 0 unspecified atom stereocenters. The molecule has 30 heavy (non-hydrogen) atoms. The van der Waals surface area contributed by atoms with Crippen LogP contribution in [0.25, 0.3) is 22.2 Å². The molecule has 0 fully saturated rings. The lowest BCUT2D eigenvalue weighted by molar-refractivity contribution is 0.0956. The van der Waals surface area contributed by atoms with Crippen molar-refractivity contribution in [1.29, 1.82) is 0 Å². The van der Waals surface area contributed by atoms with Crippen LogP contribution in [0.2, 0.25) is 0 Å². The molecule has 4 aromatic rings. The normalized spacial score (nSPS) is 11.3. The van der Waals surface area contributed by atoms with Crippen molar-refractivity contribution in [1.82, 2.24) is 10.4 Å². The van der Waals surface area contributed by atoms with E-state index in [1.165, 1.54) is 5.56 Å². The third kappa shape index (κ3) is 4.31. The number of aromatic nitrogens is 1. The number of carbonyl (C=O) groups is 1. The van der Waals surface area contributed by atoms with Gasteiger partial charge in [0.1, 0.15) is 0 Å². The molecule has 4 rings (SSSR count). The highest BCUT2D eigenvalue weighted by Gasteiger charge is 2.13. The standard InChI is InChI=1S/C25H23N3OS/c1-3-6-18-9-11-19(12-10-18)23-15-21(20-7-4-5-8-22(20)27-23)25(29)28-26-16-24-17(2)13-14-30-24/h4-5,7-16H,3,6H2,1-2H3,(H,28,29). The van der Waals surface area contributed by atoms with Gasteiger partial charge in [-0.2, -0.15) is 5.10 Å². The van der Waals surface area contributed by atoms with Gasteiger partial charge in [0.15, 0.2) is 0 Å². The second-order valence-electron chi connectivity index (χ2n) is 7.19. The van der Waals surface area contributed by atoms with Gasteiger partial charge in [-0.3, -0.25) is 4.79 Å². The summed E-state index contributed by atoms with van der Waals surface area (Å²) in [5, 5.41) is 6.97. The first-order chi connectivity index (χ1) is 14.7.